The smallest absolute Gasteiger partial charge is 0.0350 e. The van der Waals surface area contributed by atoms with E-state index in [1.807, 2.05) is 24.7 Å². The number of aromatic nitrogens is 2. The summed E-state index contributed by atoms with van der Waals surface area (Å²) in [5, 5.41) is 0. The Kier molecular flexibility index (Phi) is 3.27. The molecule has 0 N–H and O–H groups in total. The van der Waals surface area contributed by atoms with Crippen LogP contribution in [0.2, 0.25) is 0 Å². The van der Waals surface area contributed by atoms with Crippen LogP contribution in [0.5, 0.6) is 0 Å². The van der Waals surface area contributed by atoms with Gasteiger partial charge < -0.3 is 4.90 Å². The minimum atomic E-state index is 0.909. The van der Waals surface area contributed by atoms with E-state index < -0.39 is 0 Å². The predicted molar refractivity (Wildman–Crippen MR) is 64.9 cm³/mol. The fourth-order valence-electron chi connectivity index (χ4n) is 1.68. The molecule has 0 atom stereocenters. The summed E-state index contributed by atoms with van der Waals surface area (Å²) >= 11 is 0. The highest BCUT2D eigenvalue weighted by molar-refractivity contribution is 5.65. The molecule has 0 bridgehead atoms. The molecule has 0 saturated carbocycles. The molecule has 0 aliphatic heterocycles. The van der Waals surface area contributed by atoms with E-state index in [1.165, 1.54) is 5.56 Å². The number of hydrogen-bond acceptors (Lipinski definition) is 3. The maximum Gasteiger partial charge on any atom is 0.0350 e. The van der Waals surface area contributed by atoms with Crippen molar-refractivity contribution < 1.29 is 0 Å². The van der Waals surface area contributed by atoms with Gasteiger partial charge >= 0.3 is 0 Å². The van der Waals surface area contributed by atoms with Crippen molar-refractivity contribution >= 4 is 0 Å². The summed E-state index contributed by atoms with van der Waals surface area (Å²) in [5.41, 5.74) is 3.55. The molecule has 0 unspecified atom stereocenters. The van der Waals surface area contributed by atoms with Gasteiger partial charge in [0.25, 0.3) is 0 Å². The molecule has 0 aliphatic rings. The normalized spacial score (nSPS) is 10.7. The van der Waals surface area contributed by atoms with Crippen LogP contribution in [0.15, 0.2) is 43.0 Å². The number of pyridine rings is 2. The van der Waals surface area contributed by atoms with E-state index in [0.717, 1.165) is 17.7 Å². The molecule has 0 radical (unpaired) electrons. The highest BCUT2D eigenvalue weighted by Crippen LogP contribution is 2.22. The molecule has 0 aromatic carbocycles. The number of hydrogen-bond donors (Lipinski definition) is 0. The van der Waals surface area contributed by atoms with Crippen molar-refractivity contribution in [3.8, 4) is 11.1 Å². The molecule has 2 rings (SSSR count). The van der Waals surface area contributed by atoms with Crippen molar-refractivity contribution in [2.45, 2.75) is 6.54 Å². The molecular weight excluding hydrogens is 198 g/mol. The molecule has 2 heterocycles. The minimum Gasteiger partial charge on any atom is -0.305 e. The topological polar surface area (TPSA) is 29.0 Å². The first-order chi connectivity index (χ1) is 7.77. The van der Waals surface area contributed by atoms with Crippen molar-refractivity contribution in [2.24, 2.45) is 0 Å². The molecule has 3 nitrogen and oxygen atoms in total. The first-order valence-corrected chi connectivity index (χ1v) is 5.25. The van der Waals surface area contributed by atoms with Gasteiger partial charge in [-0.1, -0.05) is 6.07 Å². The lowest BCUT2D eigenvalue weighted by Crippen LogP contribution is -2.11. The lowest BCUT2D eigenvalue weighted by molar-refractivity contribution is 0.403. The van der Waals surface area contributed by atoms with E-state index in [2.05, 4.69) is 41.1 Å². The zero-order valence-corrected chi connectivity index (χ0v) is 9.59. The van der Waals surface area contributed by atoms with Gasteiger partial charge in [-0.15, -0.1) is 0 Å². The SMILES string of the molecule is CN(C)Cc1ccncc1-c1cccnc1. The van der Waals surface area contributed by atoms with Crippen LogP contribution >= 0.6 is 0 Å². The van der Waals surface area contributed by atoms with E-state index >= 15 is 0 Å². The largest absolute Gasteiger partial charge is 0.305 e. The van der Waals surface area contributed by atoms with Crippen LogP contribution in [-0.4, -0.2) is 29.0 Å². The van der Waals surface area contributed by atoms with Gasteiger partial charge in [0, 0.05) is 42.5 Å². The number of nitrogens with zero attached hydrogens (tertiary/aromatic N) is 3. The van der Waals surface area contributed by atoms with Gasteiger partial charge in [-0.25, -0.2) is 0 Å². The van der Waals surface area contributed by atoms with Gasteiger partial charge in [-0.3, -0.25) is 9.97 Å². The zero-order valence-electron chi connectivity index (χ0n) is 9.59. The molecule has 3 heteroatoms. The van der Waals surface area contributed by atoms with Crippen molar-refractivity contribution in [3.63, 3.8) is 0 Å². The van der Waals surface area contributed by atoms with E-state index in [-0.39, 0.29) is 0 Å². The standard InChI is InChI=1S/C13H15N3/c1-16(2)10-12-5-7-15-9-13(12)11-4-3-6-14-8-11/h3-9H,10H2,1-2H3. The summed E-state index contributed by atoms with van der Waals surface area (Å²) in [7, 11) is 4.13. The average molecular weight is 213 g/mol. The lowest BCUT2D eigenvalue weighted by atomic mass is 10.0. The summed E-state index contributed by atoms with van der Waals surface area (Å²) in [6, 6.07) is 6.06. The first kappa shape index (κ1) is 10.8. The Hall–Kier alpha value is -1.74. The van der Waals surface area contributed by atoms with Gasteiger partial charge in [0.05, 0.1) is 0 Å². The molecule has 0 saturated heterocycles. The van der Waals surface area contributed by atoms with Crippen molar-refractivity contribution in [2.75, 3.05) is 14.1 Å². The predicted octanol–water partition coefficient (Wildman–Crippen LogP) is 2.21. The monoisotopic (exact) mass is 213 g/mol. The molecule has 2 aromatic heterocycles. The second-order valence-corrected chi connectivity index (χ2v) is 4.01. The van der Waals surface area contributed by atoms with Crippen LogP contribution in [0.25, 0.3) is 11.1 Å². The van der Waals surface area contributed by atoms with E-state index in [0.29, 0.717) is 0 Å². The van der Waals surface area contributed by atoms with Crippen LogP contribution in [0.3, 0.4) is 0 Å². The molecule has 0 spiro atoms. The Labute approximate surface area is 95.8 Å². The second-order valence-electron chi connectivity index (χ2n) is 4.01. The summed E-state index contributed by atoms with van der Waals surface area (Å²) in [4.78, 5) is 10.5. The maximum absolute atomic E-state index is 4.18. The van der Waals surface area contributed by atoms with Gasteiger partial charge in [-0.2, -0.15) is 0 Å². The molecule has 82 valence electrons. The van der Waals surface area contributed by atoms with Crippen LogP contribution in [-0.2, 0) is 6.54 Å². The Balaban J connectivity index is 2.41. The molecular formula is C13H15N3. The Morgan fingerprint density at radius 1 is 1.06 bits per heavy atom. The summed E-state index contributed by atoms with van der Waals surface area (Å²) in [6.45, 7) is 0.909. The van der Waals surface area contributed by atoms with Gasteiger partial charge in [-0.05, 0) is 31.8 Å². The molecule has 0 aliphatic carbocycles. The van der Waals surface area contributed by atoms with Gasteiger partial charge in [0.2, 0.25) is 0 Å². The molecule has 0 fully saturated rings. The summed E-state index contributed by atoms with van der Waals surface area (Å²) in [6.07, 6.45) is 7.39. The van der Waals surface area contributed by atoms with Crippen molar-refractivity contribution in [1.29, 1.82) is 0 Å². The second kappa shape index (κ2) is 4.86. The fraction of sp³-hybridized carbons (Fsp3) is 0.231. The molecule has 2 aromatic rings. The van der Waals surface area contributed by atoms with Crippen LogP contribution in [0.1, 0.15) is 5.56 Å². The van der Waals surface area contributed by atoms with E-state index in [9.17, 15) is 0 Å². The van der Waals surface area contributed by atoms with E-state index in [4.69, 9.17) is 0 Å². The summed E-state index contributed by atoms with van der Waals surface area (Å²) < 4.78 is 0. The highest BCUT2D eigenvalue weighted by Gasteiger charge is 2.05. The molecule has 0 amide bonds. The molecule has 16 heavy (non-hydrogen) atoms. The third-order valence-corrected chi connectivity index (χ3v) is 2.37. The van der Waals surface area contributed by atoms with Crippen LogP contribution in [0.4, 0.5) is 0 Å². The average Bonchev–Trinajstić information content (AvgIpc) is 2.30. The van der Waals surface area contributed by atoms with Gasteiger partial charge in [0.15, 0.2) is 0 Å². The van der Waals surface area contributed by atoms with Crippen LogP contribution in [0, 0.1) is 0 Å². The van der Waals surface area contributed by atoms with Gasteiger partial charge in [0.1, 0.15) is 0 Å². The number of rotatable bonds is 3. The van der Waals surface area contributed by atoms with Crippen molar-refractivity contribution in [1.82, 2.24) is 14.9 Å². The maximum atomic E-state index is 4.18. The zero-order chi connectivity index (χ0) is 11.4. The Morgan fingerprint density at radius 3 is 2.56 bits per heavy atom. The minimum absolute atomic E-state index is 0.909. The third kappa shape index (κ3) is 2.44. The first-order valence-electron chi connectivity index (χ1n) is 5.25. The summed E-state index contributed by atoms with van der Waals surface area (Å²) in [5.74, 6) is 0. The van der Waals surface area contributed by atoms with E-state index in [1.54, 1.807) is 6.20 Å². The Morgan fingerprint density at radius 2 is 1.88 bits per heavy atom. The van der Waals surface area contributed by atoms with Crippen LogP contribution < -0.4 is 0 Å². The fourth-order valence-corrected chi connectivity index (χ4v) is 1.68. The lowest BCUT2D eigenvalue weighted by Gasteiger charge is -2.13. The highest BCUT2D eigenvalue weighted by atomic mass is 15.0. The van der Waals surface area contributed by atoms with Crippen molar-refractivity contribution in [3.05, 3.63) is 48.5 Å². The quantitative estimate of drug-likeness (QED) is 0.782. The Bertz CT molecular complexity index is 452. The third-order valence-electron chi connectivity index (χ3n) is 2.37.